The summed E-state index contributed by atoms with van der Waals surface area (Å²) < 4.78 is 32.7. The third kappa shape index (κ3) is 5.26. The molecule has 4 N–H and O–H groups in total. The Hall–Kier alpha value is -5.28. The highest BCUT2D eigenvalue weighted by Gasteiger charge is 2.35. The van der Waals surface area contributed by atoms with Crippen molar-refractivity contribution in [3.05, 3.63) is 132 Å². The van der Waals surface area contributed by atoms with E-state index in [4.69, 9.17) is 4.74 Å². The summed E-state index contributed by atoms with van der Waals surface area (Å²) in [5.74, 6) is 0.169. The third-order valence-corrected chi connectivity index (χ3v) is 7.44. The molecule has 0 aliphatic heterocycles. The summed E-state index contributed by atoms with van der Waals surface area (Å²) in [5, 5.41) is 23.8. The summed E-state index contributed by atoms with van der Waals surface area (Å²) in [7, 11) is 0. The lowest BCUT2D eigenvalue weighted by Crippen LogP contribution is -2.29. The van der Waals surface area contributed by atoms with Gasteiger partial charge in [0.2, 0.25) is 5.91 Å². The number of carbonyl (C=O) groups excluding carboxylic acids is 1. The number of benzene rings is 4. The molecule has 1 amide bonds. The van der Waals surface area contributed by atoms with Crippen LogP contribution < -0.4 is 10.1 Å². The van der Waals surface area contributed by atoms with Gasteiger partial charge in [-0.2, -0.15) is 5.10 Å². The Balaban J connectivity index is 1.50. The summed E-state index contributed by atoms with van der Waals surface area (Å²) in [6, 6.07) is 28.7. The molecule has 216 valence electrons. The number of H-pyrrole nitrogens is 2. The predicted octanol–water partition coefficient (Wildman–Crippen LogP) is 6.61. The predicted molar refractivity (Wildman–Crippen MR) is 162 cm³/mol. The van der Waals surface area contributed by atoms with E-state index in [9.17, 15) is 18.7 Å². The van der Waals surface area contributed by atoms with Crippen LogP contribution >= 0.6 is 0 Å². The van der Waals surface area contributed by atoms with Gasteiger partial charge in [-0.15, -0.1) is 0 Å². The smallest absolute Gasteiger partial charge is 0.263 e. The van der Waals surface area contributed by atoms with E-state index in [0.29, 0.717) is 50.2 Å². The Labute approximate surface area is 245 Å². The lowest BCUT2D eigenvalue weighted by Gasteiger charge is -2.30. The highest BCUT2D eigenvalue weighted by molar-refractivity contribution is 5.98. The summed E-state index contributed by atoms with van der Waals surface area (Å²) in [6.07, 6.45) is -1.40. The zero-order valence-electron chi connectivity index (χ0n) is 23.0. The number of ether oxygens (including phenoxy) is 1. The quantitative estimate of drug-likeness (QED) is 0.0834. The van der Waals surface area contributed by atoms with Crippen LogP contribution in [0.5, 0.6) is 5.75 Å². The van der Waals surface area contributed by atoms with Crippen molar-refractivity contribution in [3.63, 3.8) is 0 Å². The molecule has 43 heavy (non-hydrogen) atoms. The maximum Gasteiger partial charge on any atom is 0.263 e. The molecule has 2 aromatic heterocycles. The van der Waals surface area contributed by atoms with Crippen LogP contribution in [0.15, 0.2) is 110 Å². The Kier molecular flexibility index (Phi) is 7.48. The van der Waals surface area contributed by atoms with Crippen LogP contribution in [-0.2, 0) is 10.4 Å². The fraction of sp³-hybridized carbons (Fsp3) is 0.118. The topological polar surface area (TPSA) is 103 Å². The molecule has 0 saturated heterocycles. The fourth-order valence-corrected chi connectivity index (χ4v) is 5.30. The Morgan fingerprint density at radius 3 is 2.28 bits per heavy atom. The normalized spacial score (nSPS) is 11.7. The van der Waals surface area contributed by atoms with Gasteiger partial charge in [-0.1, -0.05) is 79.4 Å². The second-order valence-corrected chi connectivity index (χ2v) is 10.1. The van der Waals surface area contributed by atoms with Crippen LogP contribution in [0.4, 0.5) is 8.78 Å². The number of amides is 1. The maximum atomic E-state index is 13.3. The van der Waals surface area contributed by atoms with Gasteiger partial charge in [0.05, 0.1) is 23.3 Å². The Bertz CT molecular complexity index is 1880. The molecule has 0 aliphatic carbocycles. The number of hydrogen-bond donors (Lipinski definition) is 4. The monoisotopic (exact) mass is 578 g/mol. The zero-order chi connectivity index (χ0) is 30.0. The van der Waals surface area contributed by atoms with Crippen LogP contribution in [0, 0.1) is 0 Å². The van der Waals surface area contributed by atoms with E-state index in [1.165, 1.54) is 18.2 Å². The number of halogens is 2. The van der Waals surface area contributed by atoms with Gasteiger partial charge >= 0.3 is 0 Å². The minimum Gasteiger partial charge on any atom is -0.491 e. The number of carbonyl (C=O) groups is 1. The number of nitrogens with one attached hydrogen (secondary N) is 3. The minimum absolute atomic E-state index is 0.0932. The molecular formula is C34H28F2N4O3. The molecule has 0 bridgehead atoms. The second kappa shape index (κ2) is 11.5. The fourth-order valence-electron chi connectivity index (χ4n) is 5.30. The van der Waals surface area contributed by atoms with E-state index in [0.717, 1.165) is 5.39 Å². The molecule has 0 radical (unpaired) electrons. The van der Waals surface area contributed by atoms with E-state index in [1.54, 1.807) is 12.1 Å². The van der Waals surface area contributed by atoms with Crippen molar-refractivity contribution >= 4 is 27.7 Å². The zero-order valence-corrected chi connectivity index (χ0v) is 23.0. The Morgan fingerprint density at radius 1 is 0.930 bits per heavy atom. The van der Waals surface area contributed by atoms with Gasteiger partial charge in [0.1, 0.15) is 23.7 Å². The van der Waals surface area contributed by atoms with E-state index in [-0.39, 0.29) is 24.6 Å². The molecule has 0 spiro atoms. The average molecular weight is 579 g/mol. The van der Waals surface area contributed by atoms with Crippen molar-refractivity contribution in [3.8, 4) is 17.1 Å². The molecule has 0 saturated carbocycles. The minimum atomic E-state index is -2.59. The van der Waals surface area contributed by atoms with E-state index < -0.39 is 12.0 Å². The molecule has 7 nitrogen and oxygen atoms in total. The standard InChI is InChI=1S/C34H28F2N4O3/c1-2-31(41)37-15-16-43-30-19-24(34(42,22-9-5-3-6-10-22)23-11-7-4-8-12-23)18-27-26(30)20-29(38-27)32-25-14-13-21(33(35)36)17-28(25)39-40-32/h2-14,17-20,33,38,42H,1,15-16H2,(H,37,41)(H,39,40). The van der Waals surface area contributed by atoms with Crippen molar-refractivity contribution in [2.45, 2.75) is 12.0 Å². The summed E-state index contributed by atoms with van der Waals surface area (Å²) in [5.41, 5.74) is 2.63. The highest BCUT2D eigenvalue weighted by Crippen LogP contribution is 2.42. The molecule has 0 atom stereocenters. The largest absolute Gasteiger partial charge is 0.491 e. The first kappa shape index (κ1) is 27.9. The molecule has 0 unspecified atom stereocenters. The number of hydrogen-bond acceptors (Lipinski definition) is 4. The van der Waals surface area contributed by atoms with Gasteiger partial charge in [-0.25, -0.2) is 8.78 Å². The van der Waals surface area contributed by atoms with Gasteiger partial charge < -0.3 is 20.1 Å². The molecule has 2 heterocycles. The molecule has 9 heteroatoms. The SMILES string of the molecule is C=CC(=O)NCCOc1cc(C(O)(c2ccccc2)c2ccccc2)cc2[nH]c(-c3n[nH]c4cc(C(F)F)ccc34)cc12. The van der Waals surface area contributed by atoms with Crippen LogP contribution in [-0.4, -0.2) is 39.3 Å². The number of aliphatic hydroxyl groups is 1. The number of aromatic amines is 2. The van der Waals surface area contributed by atoms with Gasteiger partial charge in [0.25, 0.3) is 6.43 Å². The number of aromatic nitrogens is 3. The van der Waals surface area contributed by atoms with Crippen molar-refractivity contribution in [1.82, 2.24) is 20.5 Å². The first-order valence-corrected chi connectivity index (χ1v) is 13.7. The molecular weight excluding hydrogens is 550 g/mol. The van der Waals surface area contributed by atoms with Crippen molar-refractivity contribution < 1.29 is 23.4 Å². The molecule has 6 aromatic rings. The number of alkyl halides is 2. The number of nitrogens with zero attached hydrogens (tertiary/aromatic N) is 1. The van der Waals surface area contributed by atoms with E-state index in [2.05, 4.69) is 27.1 Å². The second-order valence-electron chi connectivity index (χ2n) is 10.1. The molecule has 4 aromatic carbocycles. The highest BCUT2D eigenvalue weighted by atomic mass is 19.3. The summed E-state index contributed by atoms with van der Waals surface area (Å²) in [4.78, 5) is 15.1. The number of rotatable bonds is 10. The molecule has 0 aliphatic rings. The maximum absolute atomic E-state index is 13.3. The van der Waals surface area contributed by atoms with Gasteiger partial charge in [0, 0.05) is 16.3 Å². The molecule has 0 fully saturated rings. The van der Waals surface area contributed by atoms with Crippen molar-refractivity contribution in [2.75, 3.05) is 13.2 Å². The van der Waals surface area contributed by atoms with Crippen LogP contribution in [0.3, 0.4) is 0 Å². The Morgan fingerprint density at radius 2 is 1.63 bits per heavy atom. The lowest BCUT2D eigenvalue weighted by molar-refractivity contribution is -0.116. The molecule has 6 rings (SSSR count). The van der Waals surface area contributed by atoms with Gasteiger partial charge in [-0.05, 0) is 47.0 Å². The van der Waals surface area contributed by atoms with E-state index >= 15 is 0 Å². The number of fused-ring (bicyclic) bond motifs is 2. The summed E-state index contributed by atoms with van der Waals surface area (Å²) in [6.45, 7) is 3.87. The van der Waals surface area contributed by atoms with Crippen LogP contribution in [0.2, 0.25) is 0 Å². The summed E-state index contributed by atoms with van der Waals surface area (Å²) >= 11 is 0. The van der Waals surface area contributed by atoms with E-state index in [1.807, 2.05) is 72.8 Å². The van der Waals surface area contributed by atoms with Crippen molar-refractivity contribution in [2.24, 2.45) is 0 Å². The lowest BCUT2D eigenvalue weighted by atomic mass is 9.80. The van der Waals surface area contributed by atoms with Gasteiger partial charge in [-0.3, -0.25) is 9.89 Å². The van der Waals surface area contributed by atoms with Gasteiger partial charge in [0.15, 0.2) is 0 Å². The van der Waals surface area contributed by atoms with Crippen LogP contribution in [0.25, 0.3) is 33.2 Å². The van der Waals surface area contributed by atoms with Crippen molar-refractivity contribution in [1.29, 1.82) is 0 Å². The first-order valence-electron chi connectivity index (χ1n) is 13.7. The van der Waals surface area contributed by atoms with Crippen LogP contribution in [0.1, 0.15) is 28.7 Å². The average Bonchev–Trinajstić information content (AvgIpc) is 3.67. The first-order chi connectivity index (χ1) is 20.9. The third-order valence-electron chi connectivity index (χ3n) is 7.44.